The molecule has 2 heteroatoms. The van der Waals surface area contributed by atoms with E-state index in [9.17, 15) is 0 Å². The smallest absolute Gasteiger partial charge is 0.0406 e. The summed E-state index contributed by atoms with van der Waals surface area (Å²) in [6.07, 6.45) is 0.961. The van der Waals surface area contributed by atoms with E-state index in [1.165, 1.54) is 38.6 Å². The lowest BCUT2D eigenvalue weighted by atomic mass is 9.86. The molecule has 0 bridgehead atoms. The minimum absolute atomic E-state index is 0.288. The summed E-state index contributed by atoms with van der Waals surface area (Å²) in [5.41, 5.74) is 6.44. The molecule has 0 spiro atoms. The van der Waals surface area contributed by atoms with Gasteiger partial charge in [-0.05, 0) is 70.1 Å². The Balaban J connectivity index is 1.34. The van der Waals surface area contributed by atoms with Crippen molar-refractivity contribution in [3.05, 3.63) is 143 Å². The lowest BCUT2D eigenvalue weighted by Gasteiger charge is -2.26. The second-order valence-corrected chi connectivity index (χ2v) is 9.71. The normalized spacial score (nSPS) is 13.0. The summed E-state index contributed by atoms with van der Waals surface area (Å²) in [6.45, 7) is 3.13. The Labute approximate surface area is 213 Å². The molecule has 0 fully saturated rings. The Bertz CT molecular complexity index is 1370. The summed E-state index contributed by atoms with van der Waals surface area (Å²) in [5.74, 6) is 0.329. The summed E-state index contributed by atoms with van der Waals surface area (Å²) in [5, 5.41) is 7.14. The van der Waals surface area contributed by atoms with Crippen LogP contribution in [0.5, 0.6) is 0 Å². The predicted octanol–water partition coefficient (Wildman–Crippen LogP) is 8.66. The van der Waals surface area contributed by atoms with E-state index in [0.29, 0.717) is 5.92 Å². The zero-order valence-corrected chi connectivity index (χ0v) is 20.7. The molecule has 0 radical (unpaired) electrons. The molecule has 5 aromatic carbocycles. The SMILES string of the molecule is CC(NCc1ccc2ccccc2c1)C(Cc1ccc(-c2ccccc2)cc1)c1ccc(Cl)cc1. The van der Waals surface area contributed by atoms with E-state index in [2.05, 4.69) is 121 Å². The van der Waals surface area contributed by atoms with Crippen LogP contribution in [0.25, 0.3) is 21.9 Å². The average Bonchev–Trinajstić information content (AvgIpc) is 2.92. The third-order valence-electron chi connectivity index (χ3n) is 6.86. The summed E-state index contributed by atoms with van der Waals surface area (Å²) in [4.78, 5) is 0. The summed E-state index contributed by atoms with van der Waals surface area (Å²) < 4.78 is 0. The Morgan fingerprint density at radius 2 is 1.26 bits per heavy atom. The van der Waals surface area contributed by atoms with Crippen LogP contribution >= 0.6 is 11.6 Å². The van der Waals surface area contributed by atoms with Gasteiger partial charge in [-0.25, -0.2) is 0 Å². The topological polar surface area (TPSA) is 12.0 Å². The van der Waals surface area contributed by atoms with Crippen LogP contribution in [0.1, 0.15) is 29.5 Å². The van der Waals surface area contributed by atoms with Crippen molar-refractivity contribution in [1.29, 1.82) is 0 Å². The highest BCUT2D eigenvalue weighted by Gasteiger charge is 2.20. The van der Waals surface area contributed by atoms with Crippen molar-refractivity contribution in [3.63, 3.8) is 0 Å². The van der Waals surface area contributed by atoms with Gasteiger partial charge in [0.05, 0.1) is 0 Å². The third kappa shape index (κ3) is 5.82. The molecule has 5 aromatic rings. The maximum Gasteiger partial charge on any atom is 0.0406 e. The van der Waals surface area contributed by atoms with Gasteiger partial charge < -0.3 is 5.32 Å². The molecule has 35 heavy (non-hydrogen) atoms. The molecular formula is C33H30ClN. The maximum absolute atomic E-state index is 6.21. The van der Waals surface area contributed by atoms with E-state index < -0.39 is 0 Å². The van der Waals surface area contributed by atoms with Crippen molar-refractivity contribution in [1.82, 2.24) is 5.32 Å². The molecule has 0 amide bonds. The standard InChI is InChI=1S/C33H30ClN/c1-24(35-23-26-13-16-28-9-5-6-10-31(28)21-26)33(30-17-19-32(34)20-18-30)22-25-11-14-29(15-12-25)27-7-3-2-4-8-27/h2-21,24,33,35H,22-23H2,1H3. The number of hydrogen-bond donors (Lipinski definition) is 1. The van der Waals surface area contributed by atoms with E-state index in [4.69, 9.17) is 11.6 Å². The van der Waals surface area contributed by atoms with Gasteiger partial charge in [-0.2, -0.15) is 0 Å². The van der Waals surface area contributed by atoms with E-state index in [-0.39, 0.29) is 6.04 Å². The Morgan fingerprint density at radius 1 is 0.629 bits per heavy atom. The molecule has 0 saturated carbocycles. The largest absolute Gasteiger partial charge is 0.310 e. The fourth-order valence-electron chi connectivity index (χ4n) is 4.78. The first kappa shape index (κ1) is 23.4. The van der Waals surface area contributed by atoms with Crippen LogP contribution in [-0.2, 0) is 13.0 Å². The molecule has 1 nitrogen and oxygen atoms in total. The third-order valence-corrected chi connectivity index (χ3v) is 7.11. The monoisotopic (exact) mass is 475 g/mol. The van der Waals surface area contributed by atoms with Gasteiger partial charge in [-0.3, -0.25) is 0 Å². The number of hydrogen-bond acceptors (Lipinski definition) is 1. The number of rotatable bonds is 8. The van der Waals surface area contributed by atoms with E-state index in [1.54, 1.807) is 0 Å². The molecule has 0 aliphatic rings. The summed E-state index contributed by atoms with van der Waals surface area (Å²) in [6, 6.07) is 43.4. The van der Waals surface area contributed by atoms with E-state index >= 15 is 0 Å². The second kappa shape index (κ2) is 10.9. The maximum atomic E-state index is 6.21. The van der Waals surface area contributed by atoms with E-state index in [0.717, 1.165) is 18.0 Å². The number of fused-ring (bicyclic) bond motifs is 1. The van der Waals surface area contributed by atoms with Crippen molar-refractivity contribution in [2.45, 2.75) is 31.8 Å². The quantitative estimate of drug-likeness (QED) is 0.236. The van der Waals surface area contributed by atoms with Gasteiger partial charge in [-0.15, -0.1) is 0 Å². The zero-order chi connectivity index (χ0) is 24.0. The molecule has 2 unspecified atom stereocenters. The molecule has 1 N–H and O–H groups in total. The van der Waals surface area contributed by atoms with E-state index in [1.807, 2.05) is 12.1 Å². The second-order valence-electron chi connectivity index (χ2n) is 9.28. The number of halogens is 1. The van der Waals surface area contributed by atoms with Crippen LogP contribution in [0.2, 0.25) is 5.02 Å². The van der Waals surface area contributed by atoms with Crippen LogP contribution < -0.4 is 5.32 Å². The predicted molar refractivity (Wildman–Crippen MR) is 150 cm³/mol. The first-order chi connectivity index (χ1) is 17.2. The molecule has 5 rings (SSSR count). The van der Waals surface area contributed by atoms with Crippen LogP contribution in [0.3, 0.4) is 0 Å². The average molecular weight is 476 g/mol. The Hall–Kier alpha value is -3.39. The molecule has 0 aromatic heterocycles. The van der Waals surface area contributed by atoms with Crippen LogP contribution in [0, 0.1) is 0 Å². The van der Waals surface area contributed by atoms with Gasteiger partial charge in [0.15, 0.2) is 0 Å². The van der Waals surface area contributed by atoms with Crippen molar-refractivity contribution in [2.24, 2.45) is 0 Å². The van der Waals surface area contributed by atoms with Crippen molar-refractivity contribution in [2.75, 3.05) is 0 Å². The molecule has 0 saturated heterocycles. The number of benzene rings is 5. The van der Waals surface area contributed by atoms with Gasteiger partial charge in [0, 0.05) is 23.5 Å². The summed E-state index contributed by atoms with van der Waals surface area (Å²) in [7, 11) is 0. The molecule has 0 heterocycles. The Morgan fingerprint density at radius 3 is 2.00 bits per heavy atom. The molecular weight excluding hydrogens is 446 g/mol. The van der Waals surface area contributed by atoms with Gasteiger partial charge >= 0.3 is 0 Å². The molecule has 0 aliphatic heterocycles. The van der Waals surface area contributed by atoms with Crippen LogP contribution in [0.4, 0.5) is 0 Å². The lowest BCUT2D eigenvalue weighted by Crippen LogP contribution is -2.33. The fourth-order valence-corrected chi connectivity index (χ4v) is 4.91. The lowest BCUT2D eigenvalue weighted by molar-refractivity contribution is 0.455. The molecule has 0 aliphatic carbocycles. The first-order valence-electron chi connectivity index (χ1n) is 12.3. The van der Waals surface area contributed by atoms with Gasteiger partial charge in [0.25, 0.3) is 0 Å². The fraction of sp³-hybridized carbons (Fsp3) is 0.152. The van der Waals surface area contributed by atoms with Gasteiger partial charge in [0.2, 0.25) is 0 Å². The van der Waals surface area contributed by atoms with Crippen molar-refractivity contribution < 1.29 is 0 Å². The molecule has 174 valence electrons. The molecule has 2 atom stereocenters. The van der Waals surface area contributed by atoms with Crippen molar-refractivity contribution >= 4 is 22.4 Å². The minimum Gasteiger partial charge on any atom is -0.310 e. The summed E-state index contributed by atoms with van der Waals surface area (Å²) >= 11 is 6.21. The Kier molecular flexibility index (Phi) is 7.28. The highest BCUT2D eigenvalue weighted by Crippen LogP contribution is 2.28. The highest BCUT2D eigenvalue weighted by molar-refractivity contribution is 6.30. The van der Waals surface area contributed by atoms with Gasteiger partial charge in [0.1, 0.15) is 0 Å². The van der Waals surface area contributed by atoms with Crippen LogP contribution in [-0.4, -0.2) is 6.04 Å². The minimum atomic E-state index is 0.288. The van der Waals surface area contributed by atoms with Crippen LogP contribution in [0.15, 0.2) is 121 Å². The van der Waals surface area contributed by atoms with Gasteiger partial charge in [-0.1, -0.05) is 115 Å². The highest BCUT2D eigenvalue weighted by atomic mass is 35.5. The first-order valence-corrected chi connectivity index (χ1v) is 12.6. The zero-order valence-electron chi connectivity index (χ0n) is 20.0. The number of nitrogens with one attached hydrogen (secondary N) is 1. The van der Waals surface area contributed by atoms with Crippen molar-refractivity contribution in [3.8, 4) is 11.1 Å².